The lowest BCUT2D eigenvalue weighted by Crippen LogP contribution is -2.50. The van der Waals surface area contributed by atoms with Gasteiger partial charge in [-0.15, -0.1) is 0 Å². The van der Waals surface area contributed by atoms with E-state index in [9.17, 15) is 4.79 Å². The molecule has 1 N–H and O–H groups in total. The van der Waals surface area contributed by atoms with Crippen LogP contribution in [0.4, 0.5) is 4.79 Å². The van der Waals surface area contributed by atoms with Gasteiger partial charge in [0.15, 0.2) is 0 Å². The van der Waals surface area contributed by atoms with Crippen LogP contribution in [-0.4, -0.2) is 50.9 Å². The highest BCUT2D eigenvalue weighted by molar-refractivity contribution is 5.66. The van der Waals surface area contributed by atoms with Crippen LogP contribution in [0.1, 0.15) is 79.1 Å². The summed E-state index contributed by atoms with van der Waals surface area (Å²) in [4.78, 5) is 9.85. The van der Waals surface area contributed by atoms with Crippen LogP contribution in [0.15, 0.2) is 0 Å². The zero-order chi connectivity index (χ0) is 18.0. The second kappa shape index (κ2) is 17.6. The van der Waals surface area contributed by atoms with Crippen LogP contribution in [0.2, 0.25) is 0 Å². The smallest absolute Gasteiger partial charge is 0.406 e. The van der Waals surface area contributed by atoms with Crippen molar-refractivity contribution in [1.82, 2.24) is 5.32 Å². The number of hydrogen-bond acceptors (Lipinski definition) is 2. The molecule has 0 aromatic rings. The summed E-state index contributed by atoms with van der Waals surface area (Å²) < 4.78 is 5.57. The maximum atomic E-state index is 9.85. The summed E-state index contributed by atoms with van der Waals surface area (Å²) in [5.41, 5.74) is 0. The summed E-state index contributed by atoms with van der Waals surface area (Å²) >= 11 is 0. The summed E-state index contributed by atoms with van der Waals surface area (Å²) in [6.07, 6.45) is 10.7. The molecule has 0 bridgehead atoms. The molecule has 0 radical (unpaired) electrons. The van der Waals surface area contributed by atoms with Crippen molar-refractivity contribution in [3.05, 3.63) is 0 Å². The molecular weight excluding hydrogens is 288 g/mol. The van der Waals surface area contributed by atoms with Gasteiger partial charge in [-0.3, -0.25) is 0 Å². The molecule has 0 heterocycles. The van der Waals surface area contributed by atoms with Crippen molar-refractivity contribution in [3.63, 3.8) is 0 Å². The number of unbranched alkanes of at least 4 members (excludes halogenated alkanes) is 4. The van der Waals surface area contributed by atoms with E-state index in [0.29, 0.717) is 0 Å². The molecule has 0 spiro atoms. The Morgan fingerprint density at radius 2 is 1.09 bits per heavy atom. The summed E-state index contributed by atoms with van der Waals surface area (Å²) in [5.74, 6) is 0. The highest BCUT2D eigenvalue weighted by Gasteiger charge is 2.24. The van der Waals surface area contributed by atoms with Gasteiger partial charge < -0.3 is 14.5 Å². The Balaban J connectivity index is 0. The monoisotopic (exact) mass is 331 g/mol. The van der Waals surface area contributed by atoms with Crippen LogP contribution in [0.3, 0.4) is 0 Å². The van der Waals surface area contributed by atoms with Crippen LogP contribution in [0, 0.1) is 0 Å². The van der Waals surface area contributed by atoms with Crippen LogP contribution in [0.5, 0.6) is 0 Å². The van der Waals surface area contributed by atoms with E-state index in [1.54, 1.807) is 0 Å². The summed E-state index contributed by atoms with van der Waals surface area (Å²) in [6, 6.07) is 0. The molecule has 0 aliphatic carbocycles. The van der Waals surface area contributed by atoms with Crippen molar-refractivity contribution in [2.24, 2.45) is 0 Å². The largest absolute Gasteiger partial charge is 0.453 e. The summed E-state index contributed by atoms with van der Waals surface area (Å²) in [5, 5.41) is 2.25. The molecule has 0 saturated heterocycles. The van der Waals surface area contributed by atoms with Gasteiger partial charge in [0.1, 0.15) is 0 Å². The van der Waals surface area contributed by atoms with E-state index in [-0.39, 0.29) is 0 Å². The van der Waals surface area contributed by atoms with Crippen LogP contribution in [-0.2, 0) is 4.74 Å². The van der Waals surface area contributed by atoms with E-state index in [1.807, 2.05) is 0 Å². The van der Waals surface area contributed by atoms with Crippen molar-refractivity contribution < 1.29 is 14.0 Å². The van der Waals surface area contributed by atoms with Crippen molar-refractivity contribution in [3.8, 4) is 0 Å². The predicted octanol–water partition coefficient (Wildman–Crippen LogP) is 4.98. The van der Waals surface area contributed by atoms with Gasteiger partial charge in [0, 0.05) is 7.05 Å². The maximum Gasteiger partial charge on any atom is 0.406 e. The van der Waals surface area contributed by atoms with E-state index in [0.717, 1.165) is 0 Å². The number of methoxy groups -OCH3 is 1. The number of carbonyl (C=O) groups excluding carboxylic acids is 1. The van der Waals surface area contributed by atoms with E-state index < -0.39 is 6.09 Å². The van der Waals surface area contributed by atoms with Crippen molar-refractivity contribution >= 4 is 6.09 Å². The number of nitrogens with zero attached hydrogens (tertiary/aromatic N) is 1. The summed E-state index contributed by atoms with van der Waals surface area (Å²) in [6.45, 7) is 15.0. The number of ether oxygens (including phenoxy) is 1. The quantitative estimate of drug-likeness (QED) is 0.512. The normalized spacial score (nSPS) is 10.7. The van der Waals surface area contributed by atoms with Gasteiger partial charge in [-0.2, -0.15) is 0 Å². The van der Waals surface area contributed by atoms with Crippen LogP contribution >= 0.6 is 0 Å². The number of quaternary nitrogens is 1. The SMILES string of the molecule is CCCC[N+](CCCC)(CCCC)CCCC.CNC(=O)OC. The minimum Gasteiger partial charge on any atom is -0.453 e. The first-order chi connectivity index (χ1) is 11.1. The Morgan fingerprint density at radius 3 is 1.22 bits per heavy atom. The molecule has 0 atom stereocenters. The Kier molecular flexibility index (Phi) is 18.7. The first-order valence-corrected chi connectivity index (χ1v) is 9.66. The van der Waals surface area contributed by atoms with Crippen molar-refractivity contribution in [1.29, 1.82) is 0 Å². The zero-order valence-electron chi connectivity index (χ0n) is 16.7. The van der Waals surface area contributed by atoms with Crippen molar-refractivity contribution in [2.45, 2.75) is 79.1 Å². The van der Waals surface area contributed by atoms with Gasteiger partial charge in [-0.05, 0) is 25.7 Å². The molecular formula is C19H43N2O2+. The van der Waals surface area contributed by atoms with Crippen molar-refractivity contribution in [2.75, 3.05) is 40.3 Å². The molecule has 4 heteroatoms. The first kappa shape index (κ1) is 24.5. The number of carbonyl (C=O) groups is 1. The first-order valence-electron chi connectivity index (χ1n) is 9.66. The molecule has 0 fully saturated rings. The Labute approximate surface area is 145 Å². The predicted molar refractivity (Wildman–Crippen MR) is 101 cm³/mol. The third-order valence-corrected chi connectivity index (χ3v) is 4.33. The number of amides is 1. The molecule has 0 aliphatic heterocycles. The molecule has 0 rings (SSSR count). The molecule has 4 nitrogen and oxygen atoms in total. The van der Waals surface area contributed by atoms with Gasteiger partial charge in [0.25, 0.3) is 0 Å². The average Bonchev–Trinajstić information content (AvgIpc) is 2.60. The van der Waals surface area contributed by atoms with Gasteiger partial charge in [-0.1, -0.05) is 53.4 Å². The fourth-order valence-electron chi connectivity index (χ4n) is 2.75. The second-order valence-corrected chi connectivity index (χ2v) is 6.39. The standard InChI is InChI=1S/C16H36N.C3H7NO2/c1-5-9-13-17(14-10-6-2,15-11-7-3)16-12-8-4;1-4-3(5)6-2/h5-16H2,1-4H3;1-2H3,(H,4,5)/q+1;. The number of alkyl carbamates (subject to hydrolysis) is 1. The highest BCUT2D eigenvalue weighted by atomic mass is 16.5. The molecule has 0 aliphatic rings. The van der Waals surface area contributed by atoms with E-state index >= 15 is 0 Å². The molecule has 0 unspecified atom stereocenters. The Morgan fingerprint density at radius 1 is 0.783 bits per heavy atom. The molecule has 0 aromatic carbocycles. The van der Waals surface area contributed by atoms with Gasteiger partial charge in [0.05, 0.1) is 33.3 Å². The maximum absolute atomic E-state index is 9.85. The third-order valence-electron chi connectivity index (χ3n) is 4.33. The number of nitrogens with one attached hydrogen (secondary N) is 1. The molecule has 140 valence electrons. The fraction of sp³-hybridized carbons (Fsp3) is 0.947. The fourth-order valence-corrected chi connectivity index (χ4v) is 2.75. The van der Waals surface area contributed by atoms with Crippen LogP contribution < -0.4 is 5.32 Å². The minimum atomic E-state index is -0.407. The topological polar surface area (TPSA) is 38.3 Å². The zero-order valence-corrected chi connectivity index (χ0v) is 16.7. The number of rotatable bonds is 12. The van der Waals surface area contributed by atoms with E-state index in [4.69, 9.17) is 0 Å². The lowest BCUT2D eigenvalue weighted by atomic mass is 10.1. The third kappa shape index (κ3) is 14.5. The minimum absolute atomic E-state index is 0.407. The second-order valence-electron chi connectivity index (χ2n) is 6.39. The lowest BCUT2D eigenvalue weighted by Gasteiger charge is -2.39. The van der Waals surface area contributed by atoms with Crippen LogP contribution in [0.25, 0.3) is 0 Å². The Bertz CT molecular complexity index is 214. The molecule has 0 saturated carbocycles. The van der Waals surface area contributed by atoms with Gasteiger partial charge in [-0.25, -0.2) is 4.79 Å². The van der Waals surface area contributed by atoms with E-state index in [2.05, 4.69) is 37.7 Å². The average molecular weight is 332 g/mol. The number of hydrogen-bond donors (Lipinski definition) is 1. The van der Waals surface area contributed by atoms with Gasteiger partial charge >= 0.3 is 6.09 Å². The Hall–Kier alpha value is -0.770. The summed E-state index contributed by atoms with van der Waals surface area (Å²) in [7, 11) is 2.82. The van der Waals surface area contributed by atoms with E-state index in [1.165, 1.54) is 96.2 Å². The highest BCUT2D eigenvalue weighted by Crippen LogP contribution is 2.16. The molecule has 1 amide bonds. The molecule has 23 heavy (non-hydrogen) atoms. The molecule has 0 aromatic heterocycles. The lowest BCUT2D eigenvalue weighted by molar-refractivity contribution is -0.929. The van der Waals surface area contributed by atoms with Gasteiger partial charge in [0.2, 0.25) is 0 Å².